The Hall–Kier alpha value is -1.45. The Kier molecular flexibility index (Phi) is 2.95. The first-order chi connectivity index (χ1) is 6.19. The highest BCUT2D eigenvalue weighted by Gasteiger charge is 2.11. The van der Waals surface area contributed by atoms with Crippen LogP contribution in [0.1, 0.15) is 10.4 Å². The lowest BCUT2D eigenvalue weighted by Crippen LogP contribution is -2.10. The molecule has 0 radical (unpaired) electrons. The van der Waals surface area contributed by atoms with E-state index >= 15 is 0 Å². The molecule has 4 heteroatoms. The molecule has 0 spiro atoms. The second kappa shape index (κ2) is 3.98. The normalized spacial score (nSPS) is 9.38. The fourth-order valence-electron chi connectivity index (χ4n) is 1.09. The van der Waals surface area contributed by atoms with Crippen molar-refractivity contribution in [2.24, 2.45) is 0 Å². The molecule has 0 bridgehead atoms. The minimum Gasteiger partial charge on any atom is -0.496 e. The van der Waals surface area contributed by atoms with Gasteiger partial charge in [0.05, 0.1) is 14.2 Å². The molecule has 0 aromatic heterocycles. The Bertz CT molecular complexity index is 323. The van der Waals surface area contributed by atoms with E-state index in [2.05, 4.69) is 4.74 Å². The van der Waals surface area contributed by atoms with Crippen molar-refractivity contribution in [2.75, 3.05) is 14.2 Å². The van der Waals surface area contributed by atoms with Gasteiger partial charge >= 0.3 is 5.97 Å². The maximum Gasteiger partial charge on any atom is 0.341 e. The predicted molar refractivity (Wildman–Crippen MR) is 52.5 cm³/mol. The first kappa shape index (κ1) is 9.64. The number of esters is 1. The van der Waals surface area contributed by atoms with Crippen molar-refractivity contribution in [1.82, 2.24) is 0 Å². The summed E-state index contributed by atoms with van der Waals surface area (Å²) < 4.78 is 9.64. The second-order valence-electron chi connectivity index (χ2n) is 2.70. The van der Waals surface area contributed by atoms with Crippen LogP contribution in [0.3, 0.4) is 0 Å². The summed E-state index contributed by atoms with van der Waals surface area (Å²) in [6.45, 7) is 0. The van der Waals surface area contributed by atoms with Crippen molar-refractivity contribution in [3.05, 3.63) is 23.8 Å². The Labute approximate surface area is 78.1 Å². The largest absolute Gasteiger partial charge is 0.496 e. The van der Waals surface area contributed by atoms with E-state index in [1.165, 1.54) is 14.2 Å². The minimum absolute atomic E-state index is 0.374. The lowest BCUT2D eigenvalue weighted by atomic mass is 9.94. The molecule has 3 nitrogen and oxygen atoms in total. The summed E-state index contributed by atoms with van der Waals surface area (Å²) in [4.78, 5) is 11.2. The van der Waals surface area contributed by atoms with Crippen LogP contribution in [-0.2, 0) is 4.74 Å². The van der Waals surface area contributed by atoms with Crippen LogP contribution in [0.15, 0.2) is 18.2 Å². The number of methoxy groups -OCH3 is 2. The molecule has 0 N–H and O–H groups in total. The molecule has 0 aliphatic heterocycles. The molecular weight excluding hydrogens is 167 g/mol. The summed E-state index contributed by atoms with van der Waals surface area (Å²) in [5, 5.41) is 0. The van der Waals surface area contributed by atoms with Gasteiger partial charge < -0.3 is 9.47 Å². The number of ether oxygens (including phenoxy) is 2. The van der Waals surface area contributed by atoms with E-state index in [9.17, 15) is 4.79 Å². The van der Waals surface area contributed by atoms with Crippen molar-refractivity contribution in [3.8, 4) is 5.75 Å². The van der Waals surface area contributed by atoms with Crippen molar-refractivity contribution in [1.29, 1.82) is 0 Å². The summed E-state index contributed by atoms with van der Waals surface area (Å²) in [6, 6.07) is 5.37. The topological polar surface area (TPSA) is 35.5 Å². The number of benzene rings is 1. The van der Waals surface area contributed by atoms with Crippen LogP contribution in [0.2, 0.25) is 0 Å². The number of hydrogen-bond acceptors (Lipinski definition) is 3. The number of carbonyl (C=O) groups is 1. The van der Waals surface area contributed by atoms with Gasteiger partial charge in [0, 0.05) is 0 Å². The zero-order valence-corrected chi connectivity index (χ0v) is 7.96. The third kappa shape index (κ3) is 2.02. The molecule has 0 aliphatic rings. The molecule has 68 valence electrons. The van der Waals surface area contributed by atoms with Crippen LogP contribution in [0, 0.1) is 0 Å². The average molecular weight is 178 g/mol. The van der Waals surface area contributed by atoms with Crippen molar-refractivity contribution < 1.29 is 14.3 Å². The van der Waals surface area contributed by atoms with Crippen molar-refractivity contribution in [2.45, 2.75) is 0 Å². The van der Waals surface area contributed by atoms with Gasteiger partial charge in [0.1, 0.15) is 19.2 Å². The van der Waals surface area contributed by atoms with Gasteiger partial charge in [-0.3, -0.25) is 0 Å². The molecule has 1 aromatic rings. The van der Waals surface area contributed by atoms with Crippen molar-refractivity contribution >= 4 is 19.3 Å². The van der Waals surface area contributed by atoms with Crippen LogP contribution in [0.25, 0.3) is 0 Å². The van der Waals surface area contributed by atoms with Crippen LogP contribution in [0.5, 0.6) is 5.75 Å². The van der Waals surface area contributed by atoms with E-state index in [1.54, 1.807) is 12.1 Å². The molecule has 1 aromatic carbocycles. The van der Waals surface area contributed by atoms with Gasteiger partial charge in [-0.25, -0.2) is 4.79 Å². The van der Waals surface area contributed by atoms with Crippen LogP contribution < -0.4 is 10.2 Å². The van der Waals surface area contributed by atoms with Gasteiger partial charge in [0.2, 0.25) is 0 Å². The second-order valence-corrected chi connectivity index (χ2v) is 2.70. The molecule has 13 heavy (non-hydrogen) atoms. The Balaban J connectivity index is 3.15. The standard InChI is InChI=1S/C9H11BO3/c1-12-8-4-3-6(10)5-7(8)9(11)13-2/h3-5H,10H2,1-2H3. The van der Waals surface area contributed by atoms with Gasteiger partial charge in [-0.05, 0) is 6.07 Å². The summed E-state index contributed by atoms with van der Waals surface area (Å²) in [5.41, 5.74) is 1.46. The van der Waals surface area contributed by atoms with Gasteiger partial charge in [0.15, 0.2) is 0 Å². The first-order valence-corrected chi connectivity index (χ1v) is 3.92. The number of rotatable bonds is 2. The van der Waals surface area contributed by atoms with Gasteiger partial charge in [-0.2, -0.15) is 0 Å². The molecule has 0 heterocycles. The summed E-state index contributed by atoms with van der Waals surface area (Å²) in [6.07, 6.45) is 0. The van der Waals surface area contributed by atoms with Crippen LogP contribution >= 0.6 is 0 Å². The molecular formula is C9H11BO3. The molecule has 0 unspecified atom stereocenters. The molecule has 0 fully saturated rings. The summed E-state index contributed by atoms with van der Waals surface area (Å²) >= 11 is 0. The van der Waals surface area contributed by atoms with Crippen LogP contribution in [-0.4, -0.2) is 28.0 Å². The van der Waals surface area contributed by atoms with E-state index in [-0.39, 0.29) is 5.97 Å². The lowest BCUT2D eigenvalue weighted by molar-refractivity contribution is 0.0597. The smallest absolute Gasteiger partial charge is 0.341 e. The molecule has 0 saturated carbocycles. The quantitative estimate of drug-likeness (QED) is 0.462. The number of carbonyl (C=O) groups excluding carboxylic acids is 1. The molecule has 0 aliphatic carbocycles. The fourth-order valence-corrected chi connectivity index (χ4v) is 1.09. The lowest BCUT2D eigenvalue weighted by Gasteiger charge is -2.06. The summed E-state index contributed by atoms with van der Waals surface area (Å²) in [7, 11) is 4.78. The van der Waals surface area contributed by atoms with Gasteiger partial charge in [-0.1, -0.05) is 17.6 Å². The van der Waals surface area contributed by atoms with E-state index in [4.69, 9.17) is 4.74 Å². The van der Waals surface area contributed by atoms with E-state index in [0.717, 1.165) is 5.46 Å². The zero-order valence-electron chi connectivity index (χ0n) is 7.96. The average Bonchev–Trinajstić information content (AvgIpc) is 2.16. The molecule has 0 saturated heterocycles. The van der Waals surface area contributed by atoms with Gasteiger partial charge in [0.25, 0.3) is 0 Å². The Morgan fingerprint density at radius 2 is 2.08 bits per heavy atom. The fraction of sp³-hybridized carbons (Fsp3) is 0.222. The zero-order chi connectivity index (χ0) is 9.84. The number of hydrogen-bond donors (Lipinski definition) is 0. The maximum atomic E-state index is 11.2. The van der Waals surface area contributed by atoms with Crippen molar-refractivity contribution in [3.63, 3.8) is 0 Å². The van der Waals surface area contributed by atoms with E-state index < -0.39 is 0 Å². The highest BCUT2D eigenvalue weighted by atomic mass is 16.5. The minimum atomic E-state index is -0.374. The Morgan fingerprint density at radius 1 is 1.38 bits per heavy atom. The molecule has 1 rings (SSSR count). The van der Waals surface area contributed by atoms with Crippen LogP contribution in [0.4, 0.5) is 0 Å². The third-order valence-corrected chi connectivity index (χ3v) is 1.76. The maximum absolute atomic E-state index is 11.2. The Morgan fingerprint density at radius 3 is 2.62 bits per heavy atom. The third-order valence-electron chi connectivity index (χ3n) is 1.76. The summed E-state index contributed by atoms with van der Waals surface area (Å²) in [5.74, 6) is 0.165. The highest BCUT2D eigenvalue weighted by Crippen LogP contribution is 2.16. The monoisotopic (exact) mass is 178 g/mol. The molecule has 0 amide bonds. The highest BCUT2D eigenvalue weighted by molar-refractivity contribution is 6.32. The van der Waals surface area contributed by atoms with E-state index in [1.807, 2.05) is 13.9 Å². The van der Waals surface area contributed by atoms with Gasteiger partial charge in [-0.15, -0.1) is 0 Å². The predicted octanol–water partition coefficient (Wildman–Crippen LogP) is -0.260. The van der Waals surface area contributed by atoms with E-state index in [0.29, 0.717) is 11.3 Å². The molecule has 0 atom stereocenters. The first-order valence-electron chi connectivity index (χ1n) is 3.92. The SMILES string of the molecule is Bc1ccc(OC)c(C(=O)OC)c1.